The Hall–Kier alpha value is -6.02. The first-order chi connectivity index (χ1) is 27.4. The molecule has 1 aliphatic rings. The summed E-state index contributed by atoms with van der Waals surface area (Å²) in [6.07, 6.45) is 3.61. The third-order valence-corrected chi connectivity index (χ3v) is 10.6. The van der Waals surface area contributed by atoms with Crippen LogP contribution < -0.4 is 27.0 Å². The number of carboxylic acid groups (broad SMARTS) is 1. The van der Waals surface area contributed by atoms with Crippen molar-refractivity contribution in [1.82, 2.24) is 31.2 Å². The SMILES string of the molecule is CC[C@H](C)[C@H](NC(=O)[C@@H](N)Cc1c[nH]c2ccccc12)C(=O)N[C@@H](Cc1ccccc1)C(=O)N[C@@H](C)C(=O)N1CCC[C@H]1C(=O)N[C@@H](Cc1ccccc1)C(=O)O. The van der Waals surface area contributed by atoms with Gasteiger partial charge in [-0.05, 0) is 54.9 Å². The molecular formula is C43H53N7O7. The number of aliphatic carboxylic acids is 1. The zero-order chi connectivity index (χ0) is 41.1. The third-order valence-electron chi connectivity index (χ3n) is 10.6. The van der Waals surface area contributed by atoms with Crippen LogP contribution in [0.5, 0.6) is 0 Å². The average Bonchev–Trinajstić information content (AvgIpc) is 3.87. The number of likely N-dealkylation sites (tertiary alicyclic amines) is 1. The lowest BCUT2D eigenvalue weighted by molar-refractivity contribution is -0.144. The summed E-state index contributed by atoms with van der Waals surface area (Å²) in [4.78, 5) is 85.1. The van der Waals surface area contributed by atoms with Gasteiger partial charge in [0.25, 0.3) is 0 Å². The lowest BCUT2D eigenvalue weighted by atomic mass is 9.96. The van der Waals surface area contributed by atoms with Crippen LogP contribution in [0.25, 0.3) is 10.9 Å². The van der Waals surface area contributed by atoms with Gasteiger partial charge in [-0.1, -0.05) is 99.1 Å². The van der Waals surface area contributed by atoms with Crippen molar-refractivity contribution in [2.45, 2.75) is 95.5 Å². The zero-order valence-electron chi connectivity index (χ0n) is 32.6. The molecule has 14 nitrogen and oxygen atoms in total. The molecule has 0 spiro atoms. The highest BCUT2D eigenvalue weighted by Crippen LogP contribution is 2.21. The van der Waals surface area contributed by atoms with Crippen molar-refractivity contribution in [2.75, 3.05) is 6.54 Å². The Bertz CT molecular complexity index is 2020. The number of hydrogen-bond acceptors (Lipinski definition) is 7. The number of carboxylic acids is 1. The standard InChI is InChI=1S/C43H53N7O7/c1-4-26(2)37(49-38(51)32(44)24-30-25-45-33-19-12-11-18-31(30)33)41(54)47-34(22-28-14-7-5-8-15-28)39(52)46-27(3)42(55)50-21-13-20-36(50)40(53)48-35(43(56)57)23-29-16-9-6-10-17-29/h5-12,14-19,25-27,32,34-37,45H,4,13,20-24,44H2,1-3H3,(H,46,52)(H,47,54)(H,48,53)(H,49,51)(H,56,57)/t26-,27-,32-,34-,35-,36-,37-/m0/s1. The van der Waals surface area contributed by atoms with E-state index < -0.39 is 71.8 Å². The van der Waals surface area contributed by atoms with Gasteiger partial charge >= 0.3 is 5.97 Å². The topological polar surface area (TPSA) is 216 Å². The van der Waals surface area contributed by atoms with Crippen LogP contribution in [0.3, 0.4) is 0 Å². The molecule has 0 bridgehead atoms. The number of carbonyl (C=O) groups is 6. The normalized spacial score (nSPS) is 17.1. The maximum Gasteiger partial charge on any atom is 0.326 e. The fourth-order valence-electron chi connectivity index (χ4n) is 7.16. The Balaban J connectivity index is 1.25. The molecular weight excluding hydrogens is 727 g/mol. The van der Waals surface area contributed by atoms with E-state index in [1.165, 1.54) is 11.8 Å². The fourth-order valence-corrected chi connectivity index (χ4v) is 7.16. The highest BCUT2D eigenvalue weighted by atomic mass is 16.4. The van der Waals surface area contributed by atoms with E-state index >= 15 is 0 Å². The summed E-state index contributed by atoms with van der Waals surface area (Å²) in [6, 6.07) is 19.4. The molecule has 1 fully saturated rings. The number of amides is 5. The van der Waals surface area contributed by atoms with Crippen LogP contribution in [0.2, 0.25) is 0 Å². The summed E-state index contributed by atoms with van der Waals surface area (Å²) in [6.45, 7) is 5.46. The van der Waals surface area contributed by atoms with E-state index in [0.29, 0.717) is 19.3 Å². The van der Waals surface area contributed by atoms with Crippen LogP contribution in [-0.4, -0.2) is 93.3 Å². The zero-order valence-corrected chi connectivity index (χ0v) is 32.6. The van der Waals surface area contributed by atoms with Gasteiger partial charge in [0.15, 0.2) is 0 Å². The lowest BCUT2D eigenvalue weighted by Crippen LogP contribution is -2.60. The molecule has 0 saturated carbocycles. The molecule has 4 aromatic rings. The number of nitrogens with one attached hydrogen (secondary N) is 5. The van der Waals surface area contributed by atoms with Crippen LogP contribution in [0, 0.1) is 5.92 Å². The van der Waals surface area contributed by atoms with Gasteiger partial charge < -0.3 is 42.0 Å². The summed E-state index contributed by atoms with van der Waals surface area (Å²) >= 11 is 0. The molecule has 0 unspecified atom stereocenters. The highest BCUT2D eigenvalue weighted by Gasteiger charge is 2.39. The number of H-pyrrole nitrogens is 1. The van der Waals surface area contributed by atoms with Crippen LogP contribution in [-0.2, 0) is 48.0 Å². The number of aromatic amines is 1. The Morgan fingerprint density at radius 2 is 1.39 bits per heavy atom. The Morgan fingerprint density at radius 1 is 0.772 bits per heavy atom. The van der Waals surface area contributed by atoms with Crippen LogP contribution in [0.15, 0.2) is 91.1 Å². The predicted molar refractivity (Wildman–Crippen MR) is 215 cm³/mol. The fraction of sp³-hybridized carbons (Fsp3) is 0.395. The molecule has 1 aliphatic heterocycles. The molecule has 57 heavy (non-hydrogen) atoms. The van der Waals surface area contributed by atoms with Gasteiger partial charge in [0.2, 0.25) is 29.5 Å². The van der Waals surface area contributed by atoms with Gasteiger partial charge in [-0.2, -0.15) is 0 Å². The number of carbonyl (C=O) groups excluding carboxylic acids is 5. The number of rotatable bonds is 18. The van der Waals surface area contributed by atoms with Crippen molar-refractivity contribution in [3.63, 3.8) is 0 Å². The minimum Gasteiger partial charge on any atom is -0.480 e. The molecule has 0 radical (unpaired) electrons. The summed E-state index contributed by atoms with van der Waals surface area (Å²) in [7, 11) is 0. The van der Waals surface area contributed by atoms with E-state index in [-0.39, 0.29) is 31.7 Å². The maximum absolute atomic E-state index is 14.0. The van der Waals surface area contributed by atoms with Crippen LogP contribution in [0.4, 0.5) is 0 Å². The molecule has 14 heteroatoms. The molecule has 2 heterocycles. The Labute approximate surface area is 332 Å². The molecule has 8 N–H and O–H groups in total. The maximum atomic E-state index is 14.0. The molecule has 0 aliphatic carbocycles. The second kappa shape index (κ2) is 19.7. The number of para-hydroxylation sites is 1. The first-order valence-corrected chi connectivity index (χ1v) is 19.5. The van der Waals surface area contributed by atoms with E-state index in [1.54, 1.807) is 24.3 Å². The summed E-state index contributed by atoms with van der Waals surface area (Å²) in [5.74, 6) is -4.34. The summed E-state index contributed by atoms with van der Waals surface area (Å²) < 4.78 is 0. The highest BCUT2D eigenvalue weighted by molar-refractivity contribution is 5.97. The molecule has 5 rings (SSSR count). The van der Waals surface area contributed by atoms with Gasteiger partial charge in [0, 0.05) is 36.5 Å². The van der Waals surface area contributed by atoms with Crippen molar-refractivity contribution in [1.29, 1.82) is 0 Å². The van der Waals surface area contributed by atoms with Crippen molar-refractivity contribution in [3.8, 4) is 0 Å². The number of hydrogen-bond donors (Lipinski definition) is 7. The van der Waals surface area contributed by atoms with Crippen molar-refractivity contribution in [3.05, 3.63) is 108 Å². The number of nitrogens with zero attached hydrogens (tertiary/aromatic N) is 1. The Morgan fingerprint density at radius 3 is 2.02 bits per heavy atom. The minimum atomic E-state index is -1.20. The number of nitrogens with two attached hydrogens (primary N) is 1. The van der Waals surface area contributed by atoms with E-state index in [0.717, 1.165) is 27.6 Å². The second-order valence-corrected chi connectivity index (χ2v) is 14.8. The smallest absolute Gasteiger partial charge is 0.326 e. The van der Waals surface area contributed by atoms with Gasteiger partial charge in [0.1, 0.15) is 30.2 Å². The van der Waals surface area contributed by atoms with E-state index in [1.807, 2.05) is 80.7 Å². The molecule has 1 aromatic heterocycles. The Kier molecular flexibility index (Phi) is 14.6. The van der Waals surface area contributed by atoms with Crippen molar-refractivity contribution < 1.29 is 33.9 Å². The largest absolute Gasteiger partial charge is 0.480 e. The van der Waals surface area contributed by atoms with Crippen LogP contribution >= 0.6 is 0 Å². The third kappa shape index (κ3) is 11.1. The number of aromatic nitrogens is 1. The number of benzene rings is 3. The van der Waals surface area contributed by atoms with Crippen LogP contribution in [0.1, 0.15) is 56.7 Å². The van der Waals surface area contributed by atoms with E-state index in [2.05, 4.69) is 26.3 Å². The van der Waals surface area contributed by atoms with Gasteiger partial charge in [-0.25, -0.2) is 4.79 Å². The first-order valence-electron chi connectivity index (χ1n) is 19.5. The number of fused-ring (bicyclic) bond motifs is 1. The van der Waals surface area contributed by atoms with E-state index in [9.17, 15) is 33.9 Å². The quantitative estimate of drug-likeness (QED) is 0.0795. The molecule has 302 valence electrons. The van der Waals surface area contributed by atoms with Gasteiger partial charge in [0.05, 0.1) is 6.04 Å². The molecule has 5 amide bonds. The lowest BCUT2D eigenvalue weighted by Gasteiger charge is -2.30. The van der Waals surface area contributed by atoms with Crippen molar-refractivity contribution in [2.24, 2.45) is 11.7 Å². The van der Waals surface area contributed by atoms with Gasteiger partial charge in [-0.15, -0.1) is 0 Å². The van der Waals surface area contributed by atoms with Crippen molar-refractivity contribution >= 4 is 46.4 Å². The summed E-state index contributed by atoms with van der Waals surface area (Å²) in [5, 5.41) is 21.8. The predicted octanol–water partition coefficient (Wildman–Crippen LogP) is 2.60. The molecule has 1 saturated heterocycles. The molecule has 7 atom stereocenters. The molecule has 3 aromatic carbocycles. The summed E-state index contributed by atoms with van der Waals surface area (Å²) in [5.41, 5.74) is 9.64. The monoisotopic (exact) mass is 779 g/mol. The van der Waals surface area contributed by atoms with E-state index in [4.69, 9.17) is 5.73 Å². The minimum absolute atomic E-state index is 0.0724. The van der Waals surface area contributed by atoms with Gasteiger partial charge in [-0.3, -0.25) is 24.0 Å². The first kappa shape index (κ1) is 42.1. The average molecular weight is 780 g/mol. The second-order valence-electron chi connectivity index (χ2n) is 14.8.